The average molecular weight is 246 g/mol. The smallest absolute Gasteiger partial charge is 0.127 e. The van der Waals surface area contributed by atoms with Crippen LogP contribution in [-0.4, -0.2) is 4.98 Å². The maximum Gasteiger partial charge on any atom is 0.127 e. The molecule has 2 N–H and O–H groups in total. The molecule has 0 saturated carbocycles. The fourth-order valence-corrected chi connectivity index (χ4v) is 3.55. The Morgan fingerprint density at radius 2 is 2.06 bits per heavy atom. The molecular weight excluding hydrogens is 236 g/mol. The van der Waals surface area contributed by atoms with Crippen molar-refractivity contribution in [2.45, 2.75) is 6.92 Å². The van der Waals surface area contributed by atoms with E-state index < -0.39 is 0 Å². The number of aromatic nitrogens is 1. The first-order valence-corrected chi connectivity index (χ1v) is 6.65. The van der Waals surface area contributed by atoms with Crippen molar-refractivity contribution in [1.29, 1.82) is 0 Å². The zero-order valence-corrected chi connectivity index (χ0v) is 10.4. The monoisotopic (exact) mass is 246 g/mol. The first-order valence-electron chi connectivity index (χ1n) is 4.95. The Labute approximate surface area is 101 Å². The molecule has 2 heterocycles. The van der Waals surface area contributed by atoms with Gasteiger partial charge in [0.15, 0.2) is 0 Å². The Morgan fingerprint density at radius 1 is 1.25 bits per heavy atom. The van der Waals surface area contributed by atoms with Gasteiger partial charge in [0.1, 0.15) is 10.0 Å². The number of thiazole rings is 1. The fraction of sp³-hybridized carbons (Fsp3) is 0.0833. The van der Waals surface area contributed by atoms with Crippen molar-refractivity contribution in [1.82, 2.24) is 4.98 Å². The first kappa shape index (κ1) is 9.81. The summed E-state index contributed by atoms with van der Waals surface area (Å²) in [7, 11) is 0. The van der Waals surface area contributed by atoms with E-state index >= 15 is 0 Å². The zero-order valence-electron chi connectivity index (χ0n) is 8.73. The van der Waals surface area contributed by atoms with Gasteiger partial charge in [-0.05, 0) is 13.0 Å². The van der Waals surface area contributed by atoms with Crippen molar-refractivity contribution in [3.63, 3.8) is 0 Å². The number of nitrogens with two attached hydrogens (primary N) is 1. The molecule has 2 aromatic heterocycles. The van der Waals surface area contributed by atoms with Gasteiger partial charge in [0.05, 0.1) is 5.69 Å². The van der Waals surface area contributed by atoms with Crippen LogP contribution in [0.4, 0.5) is 5.00 Å². The summed E-state index contributed by atoms with van der Waals surface area (Å²) >= 11 is 3.31. The van der Waals surface area contributed by atoms with Gasteiger partial charge in [-0.25, -0.2) is 4.98 Å². The number of nitrogen functional groups attached to an aromatic ring is 1. The van der Waals surface area contributed by atoms with Gasteiger partial charge in [0, 0.05) is 21.0 Å². The van der Waals surface area contributed by atoms with E-state index in [1.165, 1.54) is 15.6 Å². The molecule has 0 aliphatic carbocycles. The van der Waals surface area contributed by atoms with Crippen LogP contribution in [0.3, 0.4) is 0 Å². The van der Waals surface area contributed by atoms with Gasteiger partial charge in [-0.3, -0.25) is 0 Å². The molecule has 0 aliphatic rings. The maximum atomic E-state index is 5.85. The molecule has 0 fully saturated rings. The Kier molecular flexibility index (Phi) is 2.19. The van der Waals surface area contributed by atoms with Crippen molar-refractivity contribution < 1.29 is 0 Å². The molecule has 3 aromatic rings. The number of rotatable bonds is 1. The van der Waals surface area contributed by atoms with Gasteiger partial charge < -0.3 is 5.73 Å². The molecule has 0 aliphatic heterocycles. The molecule has 0 unspecified atom stereocenters. The lowest BCUT2D eigenvalue weighted by atomic mass is 10.2. The minimum atomic E-state index is 0.810. The Bertz CT molecular complexity index is 632. The highest BCUT2D eigenvalue weighted by Gasteiger charge is 2.11. The third-order valence-electron chi connectivity index (χ3n) is 2.54. The molecule has 2 nitrogen and oxygen atoms in total. The predicted molar refractivity (Wildman–Crippen MR) is 72.1 cm³/mol. The van der Waals surface area contributed by atoms with E-state index in [0.29, 0.717) is 0 Å². The molecule has 3 rings (SSSR count). The topological polar surface area (TPSA) is 38.9 Å². The maximum absolute atomic E-state index is 5.85. The molecule has 0 radical (unpaired) electrons. The molecule has 0 spiro atoms. The third-order valence-corrected chi connectivity index (χ3v) is 4.53. The summed E-state index contributed by atoms with van der Waals surface area (Å²) in [5.41, 5.74) is 7.98. The molecule has 16 heavy (non-hydrogen) atoms. The zero-order chi connectivity index (χ0) is 11.1. The van der Waals surface area contributed by atoms with Gasteiger partial charge >= 0.3 is 0 Å². The lowest BCUT2D eigenvalue weighted by Crippen LogP contribution is -1.81. The Balaban J connectivity index is 2.26. The first-order chi connectivity index (χ1) is 7.75. The van der Waals surface area contributed by atoms with Gasteiger partial charge in [0.2, 0.25) is 0 Å². The van der Waals surface area contributed by atoms with Gasteiger partial charge in [-0.15, -0.1) is 11.3 Å². The molecule has 0 atom stereocenters. The lowest BCUT2D eigenvalue weighted by Gasteiger charge is -1.92. The van der Waals surface area contributed by atoms with Crippen LogP contribution >= 0.6 is 22.7 Å². The van der Waals surface area contributed by atoms with E-state index in [-0.39, 0.29) is 0 Å². The summed E-state index contributed by atoms with van der Waals surface area (Å²) in [4.78, 5) is 4.50. The molecule has 0 amide bonds. The van der Waals surface area contributed by atoms with Crippen LogP contribution in [0, 0.1) is 6.92 Å². The summed E-state index contributed by atoms with van der Waals surface area (Å²) < 4.78 is 1.30. The van der Waals surface area contributed by atoms with Crippen molar-refractivity contribution in [2.75, 3.05) is 5.73 Å². The Hall–Kier alpha value is -1.39. The van der Waals surface area contributed by atoms with Crippen molar-refractivity contribution >= 4 is 37.8 Å². The van der Waals surface area contributed by atoms with Crippen LogP contribution in [0.2, 0.25) is 0 Å². The van der Waals surface area contributed by atoms with E-state index in [2.05, 4.69) is 34.6 Å². The van der Waals surface area contributed by atoms with E-state index in [4.69, 9.17) is 5.73 Å². The van der Waals surface area contributed by atoms with Crippen LogP contribution in [0.5, 0.6) is 0 Å². The van der Waals surface area contributed by atoms with E-state index in [1.807, 2.05) is 6.92 Å². The highest BCUT2D eigenvalue weighted by molar-refractivity contribution is 7.20. The van der Waals surface area contributed by atoms with E-state index in [9.17, 15) is 0 Å². The molecule has 80 valence electrons. The van der Waals surface area contributed by atoms with Gasteiger partial charge in [-0.2, -0.15) is 0 Å². The third kappa shape index (κ3) is 1.42. The number of hydrogen-bond donors (Lipinski definition) is 1. The number of thiophene rings is 1. The quantitative estimate of drug-likeness (QED) is 0.707. The van der Waals surface area contributed by atoms with Crippen molar-refractivity contribution in [2.24, 2.45) is 0 Å². The normalized spacial score (nSPS) is 11.1. The van der Waals surface area contributed by atoms with Crippen LogP contribution in [0.25, 0.3) is 20.7 Å². The number of anilines is 1. The average Bonchev–Trinajstić information content (AvgIpc) is 2.83. The second kappa shape index (κ2) is 3.57. The van der Waals surface area contributed by atoms with Gasteiger partial charge in [0.25, 0.3) is 0 Å². The summed E-state index contributed by atoms with van der Waals surface area (Å²) in [6, 6.07) is 8.38. The van der Waals surface area contributed by atoms with E-state index in [0.717, 1.165) is 15.7 Å². The highest BCUT2D eigenvalue weighted by Crippen LogP contribution is 2.37. The van der Waals surface area contributed by atoms with Crippen LogP contribution in [-0.2, 0) is 0 Å². The van der Waals surface area contributed by atoms with Crippen LogP contribution in [0.15, 0.2) is 29.6 Å². The number of aryl methyl sites for hydroxylation is 1. The summed E-state index contributed by atoms with van der Waals surface area (Å²) in [6.07, 6.45) is 0. The number of fused-ring (bicyclic) bond motifs is 1. The second-order valence-electron chi connectivity index (χ2n) is 3.61. The molecular formula is C12H10N2S2. The second-order valence-corrected chi connectivity index (χ2v) is 5.56. The molecule has 4 heteroatoms. The minimum absolute atomic E-state index is 0.810. The lowest BCUT2D eigenvalue weighted by molar-refractivity contribution is 1.27. The summed E-state index contributed by atoms with van der Waals surface area (Å²) in [5, 5.41) is 5.25. The number of benzene rings is 1. The van der Waals surface area contributed by atoms with Crippen molar-refractivity contribution in [3.8, 4) is 10.6 Å². The molecule has 0 bridgehead atoms. The predicted octanol–water partition coefficient (Wildman–Crippen LogP) is 3.92. The highest BCUT2D eigenvalue weighted by atomic mass is 32.1. The largest absolute Gasteiger partial charge is 0.389 e. The Morgan fingerprint density at radius 3 is 2.81 bits per heavy atom. The fourth-order valence-electron chi connectivity index (χ4n) is 1.67. The van der Waals surface area contributed by atoms with Crippen molar-refractivity contribution in [3.05, 3.63) is 35.3 Å². The summed E-state index contributed by atoms with van der Waals surface area (Å²) in [5.74, 6) is 0. The minimum Gasteiger partial charge on any atom is -0.389 e. The van der Waals surface area contributed by atoms with E-state index in [1.54, 1.807) is 22.7 Å². The van der Waals surface area contributed by atoms with Crippen LogP contribution in [0.1, 0.15) is 5.69 Å². The summed E-state index contributed by atoms with van der Waals surface area (Å²) in [6.45, 7) is 1.95. The molecule has 1 aromatic carbocycles. The number of nitrogens with zero attached hydrogens (tertiary/aromatic N) is 1. The standard InChI is InChI=1S/C12H10N2S2/c1-7-11(13)16-12(14-7)9-6-15-10-5-3-2-4-8(9)10/h2-6H,13H2,1H3. The number of hydrogen-bond acceptors (Lipinski definition) is 4. The van der Waals surface area contributed by atoms with Gasteiger partial charge in [-0.1, -0.05) is 29.5 Å². The SMILES string of the molecule is Cc1nc(-c2csc3ccccc23)sc1N. The van der Waals surface area contributed by atoms with Crippen LogP contribution < -0.4 is 5.73 Å². The molecule has 0 saturated heterocycles.